The van der Waals surface area contributed by atoms with Crippen molar-refractivity contribution in [2.24, 2.45) is 0 Å². The second-order valence-corrected chi connectivity index (χ2v) is 8.30. The van der Waals surface area contributed by atoms with Crippen LogP contribution in [0.3, 0.4) is 0 Å². The van der Waals surface area contributed by atoms with Crippen LogP contribution in [0.15, 0.2) is 35.4 Å². The minimum atomic E-state index is -0.621. The molecule has 0 aliphatic carbocycles. The van der Waals surface area contributed by atoms with E-state index in [0.717, 1.165) is 22.9 Å². The summed E-state index contributed by atoms with van der Waals surface area (Å²) in [5.41, 5.74) is 0.0250. The molecule has 1 fully saturated rings. The van der Waals surface area contributed by atoms with E-state index < -0.39 is 11.7 Å². The van der Waals surface area contributed by atoms with Gasteiger partial charge in [0.1, 0.15) is 22.9 Å². The van der Waals surface area contributed by atoms with Gasteiger partial charge in [-0.25, -0.2) is 9.37 Å². The summed E-state index contributed by atoms with van der Waals surface area (Å²) >= 11 is 1.70. The zero-order chi connectivity index (χ0) is 21.1. The van der Waals surface area contributed by atoms with Crippen molar-refractivity contribution in [3.8, 4) is 17.4 Å². The molecule has 2 aromatic rings. The van der Waals surface area contributed by atoms with Crippen LogP contribution in [0.1, 0.15) is 30.1 Å². The number of hydrogen-bond donors (Lipinski definition) is 1. The zero-order valence-electron chi connectivity index (χ0n) is 16.5. The maximum Gasteiger partial charge on any atom is 0.257 e. The molecule has 7 nitrogen and oxygen atoms in total. The Bertz CT molecular complexity index is 963. The van der Waals surface area contributed by atoms with E-state index >= 15 is 0 Å². The molecular weight excluding hydrogens is 409 g/mol. The number of halogens is 1. The summed E-state index contributed by atoms with van der Waals surface area (Å²) in [6.07, 6.45) is 2.30. The van der Waals surface area contributed by atoms with Crippen molar-refractivity contribution in [3.63, 3.8) is 0 Å². The number of rotatable bonds is 4. The van der Waals surface area contributed by atoms with Crippen LogP contribution in [0.25, 0.3) is 0 Å². The molecule has 9 heteroatoms. The van der Waals surface area contributed by atoms with E-state index in [0.29, 0.717) is 44.0 Å². The van der Waals surface area contributed by atoms with Crippen molar-refractivity contribution in [1.29, 1.82) is 0 Å². The maximum atomic E-state index is 13.8. The average Bonchev–Trinajstić information content (AvgIpc) is 2.75. The lowest BCUT2D eigenvalue weighted by Crippen LogP contribution is -2.46. The molecule has 30 heavy (non-hydrogen) atoms. The van der Waals surface area contributed by atoms with Gasteiger partial charge in [-0.1, -0.05) is 0 Å². The number of likely N-dealkylation sites (tertiary alicyclic amines) is 1. The van der Waals surface area contributed by atoms with Crippen LogP contribution in [0.4, 0.5) is 4.39 Å². The third-order valence-electron chi connectivity index (χ3n) is 5.07. The lowest BCUT2D eigenvalue weighted by molar-refractivity contribution is -0.129. The highest BCUT2D eigenvalue weighted by molar-refractivity contribution is 7.99. The van der Waals surface area contributed by atoms with E-state index in [1.807, 2.05) is 6.07 Å². The number of piperidine rings is 1. The molecule has 1 N–H and O–H groups in total. The minimum absolute atomic E-state index is 0.0250. The molecule has 0 spiro atoms. The van der Waals surface area contributed by atoms with Gasteiger partial charge >= 0.3 is 0 Å². The van der Waals surface area contributed by atoms with Crippen LogP contribution in [0, 0.1) is 5.82 Å². The number of carbonyl (C=O) groups is 2. The first-order chi connectivity index (χ1) is 14.5. The Morgan fingerprint density at radius 3 is 2.87 bits per heavy atom. The van der Waals surface area contributed by atoms with Gasteiger partial charge in [0.2, 0.25) is 11.8 Å². The van der Waals surface area contributed by atoms with Crippen LogP contribution in [0.5, 0.6) is 17.4 Å². The monoisotopic (exact) mass is 431 g/mol. The molecule has 4 rings (SSSR count). The number of ether oxygens (including phenoxy) is 2. The first-order valence-electron chi connectivity index (χ1n) is 9.79. The van der Waals surface area contributed by atoms with Crippen LogP contribution in [-0.4, -0.2) is 53.2 Å². The smallest absolute Gasteiger partial charge is 0.257 e. The highest BCUT2D eigenvalue weighted by Crippen LogP contribution is 2.37. The lowest BCUT2D eigenvalue weighted by Gasteiger charge is -2.31. The fourth-order valence-corrected chi connectivity index (χ4v) is 4.28. The molecule has 0 unspecified atom stereocenters. The summed E-state index contributed by atoms with van der Waals surface area (Å²) < 4.78 is 25.3. The molecule has 0 bridgehead atoms. The van der Waals surface area contributed by atoms with Crippen molar-refractivity contribution in [2.45, 2.75) is 30.7 Å². The van der Waals surface area contributed by atoms with Gasteiger partial charge in [-0.3, -0.25) is 9.59 Å². The van der Waals surface area contributed by atoms with Crippen LogP contribution >= 0.6 is 11.8 Å². The second kappa shape index (κ2) is 8.91. The van der Waals surface area contributed by atoms with E-state index in [1.165, 1.54) is 6.92 Å². The van der Waals surface area contributed by atoms with Gasteiger partial charge in [0.05, 0.1) is 12.8 Å². The maximum absolute atomic E-state index is 13.8. The molecule has 3 heterocycles. The highest BCUT2D eigenvalue weighted by atomic mass is 32.2. The molecular formula is C21H22FN3O4S. The second-order valence-electron chi connectivity index (χ2n) is 7.17. The molecule has 2 aliphatic heterocycles. The summed E-state index contributed by atoms with van der Waals surface area (Å²) in [4.78, 5) is 31.0. The van der Waals surface area contributed by atoms with Crippen molar-refractivity contribution in [1.82, 2.24) is 15.2 Å². The Kier molecular flexibility index (Phi) is 6.08. The largest absolute Gasteiger partial charge is 0.491 e. The van der Waals surface area contributed by atoms with Gasteiger partial charge in [-0.15, -0.1) is 11.8 Å². The summed E-state index contributed by atoms with van der Waals surface area (Å²) in [5.74, 6) is 1.04. The van der Waals surface area contributed by atoms with Gasteiger partial charge in [0.25, 0.3) is 5.91 Å². The first kappa shape index (κ1) is 20.5. The Balaban J connectivity index is 1.48. The summed E-state index contributed by atoms with van der Waals surface area (Å²) in [6.45, 7) is 3.31. The Morgan fingerprint density at radius 2 is 2.10 bits per heavy atom. The Hall–Kier alpha value is -2.81. The molecule has 1 saturated heterocycles. The number of hydrogen-bond acceptors (Lipinski definition) is 6. The standard InChI is InChI=1S/C21H22FN3O4S/c1-13(26)25-6-4-15(5-7-25)24-20(27)17-10-14(22)12-23-21(17)29-16-2-3-19-18(11-16)28-8-9-30-19/h2-3,10-12,15H,4-9H2,1H3,(H,24,27). The van der Waals surface area contributed by atoms with Gasteiger partial charge in [-0.05, 0) is 31.0 Å². The number of carbonyl (C=O) groups excluding carboxylic acids is 2. The van der Waals surface area contributed by atoms with Gasteiger partial charge in [-0.2, -0.15) is 0 Å². The number of thioether (sulfide) groups is 1. The van der Waals surface area contributed by atoms with E-state index in [2.05, 4.69) is 10.3 Å². The van der Waals surface area contributed by atoms with Crippen molar-refractivity contribution >= 4 is 23.6 Å². The van der Waals surface area contributed by atoms with E-state index in [1.54, 1.807) is 28.8 Å². The number of benzene rings is 1. The van der Waals surface area contributed by atoms with E-state index in [9.17, 15) is 14.0 Å². The summed E-state index contributed by atoms with van der Waals surface area (Å²) in [7, 11) is 0. The summed E-state index contributed by atoms with van der Waals surface area (Å²) in [5, 5.41) is 2.91. The quantitative estimate of drug-likeness (QED) is 0.801. The third kappa shape index (κ3) is 4.67. The highest BCUT2D eigenvalue weighted by Gasteiger charge is 2.24. The third-order valence-corrected chi connectivity index (χ3v) is 6.09. The van der Waals surface area contributed by atoms with E-state index in [-0.39, 0.29) is 23.4 Å². The predicted molar refractivity (Wildman–Crippen MR) is 110 cm³/mol. The number of amides is 2. The molecule has 0 atom stereocenters. The summed E-state index contributed by atoms with van der Waals surface area (Å²) in [6, 6.07) is 6.42. The van der Waals surface area contributed by atoms with Crippen LogP contribution in [-0.2, 0) is 4.79 Å². The number of nitrogens with one attached hydrogen (secondary N) is 1. The van der Waals surface area contributed by atoms with Crippen molar-refractivity contribution in [2.75, 3.05) is 25.4 Å². The van der Waals surface area contributed by atoms with Crippen molar-refractivity contribution < 1.29 is 23.5 Å². The fourth-order valence-electron chi connectivity index (χ4n) is 3.47. The van der Waals surface area contributed by atoms with Gasteiger partial charge < -0.3 is 19.7 Å². The fraction of sp³-hybridized carbons (Fsp3) is 0.381. The Labute approximate surface area is 177 Å². The Morgan fingerprint density at radius 1 is 1.30 bits per heavy atom. The van der Waals surface area contributed by atoms with Crippen LogP contribution < -0.4 is 14.8 Å². The van der Waals surface area contributed by atoms with Crippen molar-refractivity contribution in [3.05, 3.63) is 41.8 Å². The number of fused-ring (bicyclic) bond motifs is 1. The van der Waals surface area contributed by atoms with Gasteiger partial charge in [0, 0.05) is 42.8 Å². The topological polar surface area (TPSA) is 80.8 Å². The lowest BCUT2D eigenvalue weighted by atomic mass is 10.0. The molecule has 1 aromatic carbocycles. The number of aromatic nitrogens is 1. The zero-order valence-corrected chi connectivity index (χ0v) is 17.3. The molecule has 2 aliphatic rings. The van der Waals surface area contributed by atoms with E-state index in [4.69, 9.17) is 9.47 Å². The molecule has 1 aromatic heterocycles. The van der Waals surface area contributed by atoms with Crippen LogP contribution in [0.2, 0.25) is 0 Å². The molecule has 0 saturated carbocycles. The number of nitrogens with zero attached hydrogens (tertiary/aromatic N) is 2. The normalized spacial score (nSPS) is 16.4. The SMILES string of the molecule is CC(=O)N1CCC(NC(=O)c2cc(F)cnc2Oc2ccc3c(c2)OCCS3)CC1. The molecule has 0 radical (unpaired) electrons. The predicted octanol–water partition coefficient (Wildman–Crippen LogP) is 3.24. The average molecular weight is 431 g/mol. The first-order valence-corrected chi connectivity index (χ1v) is 10.8. The number of pyridine rings is 1. The molecule has 158 valence electrons. The van der Waals surface area contributed by atoms with Gasteiger partial charge in [0.15, 0.2) is 0 Å². The minimum Gasteiger partial charge on any atom is -0.491 e. The molecule has 2 amide bonds.